The minimum atomic E-state index is -0.993. The molecule has 2 amide bonds. The largest absolute Gasteiger partial charge is 0.342 e. The number of halogens is 2. The molecule has 3 aliphatic heterocycles. The van der Waals surface area contributed by atoms with Gasteiger partial charge in [0.1, 0.15) is 17.9 Å². The number of carbonyl (C=O) groups is 2. The topological polar surface area (TPSA) is 49.9 Å². The molecule has 0 unspecified atom stereocenters. The normalized spacial score (nSPS) is 24.0. The van der Waals surface area contributed by atoms with Crippen LogP contribution in [0.2, 0.25) is 0 Å². The molecular formula is C25H22F2N2O3. The number of ether oxygens (including phenoxy) is 1. The zero-order valence-electron chi connectivity index (χ0n) is 17.4. The Morgan fingerprint density at radius 2 is 1.81 bits per heavy atom. The van der Waals surface area contributed by atoms with E-state index in [9.17, 15) is 18.4 Å². The summed E-state index contributed by atoms with van der Waals surface area (Å²) in [6.07, 6.45) is 6.98. The van der Waals surface area contributed by atoms with Gasteiger partial charge in [-0.3, -0.25) is 9.59 Å². The Bertz CT molecular complexity index is 1110. The Morgan fingerprint density at radius 3 is 2.50 bits per heavy atom. The Labute approximate surface area is 185 Å². The highest BCUT2D eigenvalue weighted by Gasteiger charge is 2.58. The second-order valence-corrected chi connectivity index (χ2v) is 8.59. The van der Waals surface area contributed by atoms with E-state index in [1.807, 2.05) is 0 Å². The van der Waals surface area contributed by atoms with Gasteiger partial charge in [-0.2, -0.15) is 0 Å². The Kier molecular flexibility index (Phi) is 4.98. The maximum absolute atomic E-state index is 13.8. The van der Waals surface area contributed by atoms with Gasteiger partial charge in [-0.15, -0.1) is 6.42 Å². The van der Waals surface area contributed by atoms with Gasteiger partial charge in [-0.05, 0) is 48.7 Å². The van der Waals surface area contributed by atoms with Gasteiger partial charge in [-0.25, -0.2) is 8.78 Å². The zero-order chi connectivity index (χ0) is 22.5. The van der Waals surface area contributed by atoms with Crippen molar-refractivity contribution in [3.8, 4) is 12.3 Å². The predicted octanol–water partition coefficient (Wildman–Crippen LogP) is 3.64. The van der Waals surface area contributed by atoms with Gasteiger partial charge in [0.15, 0.2) is 5.60 Å². The number of likely N-dealkylation sites (tertiary alicyclic amines) is 1. The summed E-state index contributed by atoms with van der Waals surface area (Å²) in [5.41, 5.74) is 0.607. The van der Waals surface area contributed by atoms with Gasteiger partial charge in [0.05, 0.1) is 6.04 Å². The third-order valence-corrected chi connectivity index (χ3v) is 6.72. The Hall–Kier alpha value is -3.24. The van der Waals surface area contributed by atoms with Gasteiger partial charge in [-0.1, -0.05) is 12.0 Å². The molecule has 2 aromatic carbocycles. The molecule has 2 atom stereocenters. The molecule has 32 heavy (non-hydrogen) atoms. The van der Waals surface area contributed by atoms with Crippen LogP contribution in [0, 0.1) is 24.0 Å². The maximum Gasteiger partial charge on any atom is 0.257 e. The summed E-state index contributed by atoms with van der Waals surface area (Å²) in [6, 6.07) is 9.89. The predicted molar refractivity (Wildman–Crippen MR) is 112 cm³/mol. The van der Waals surface area contributed by atoms with Crippen molar-refractivity contribution in [1.82, 2.24) is 9.80 Å². The van der Waals surface area contributed by atoms with Gasteiger partial charge < -0.3 is 14.5 Å². The highest BCUT2D eigenvalue weighted by molar-refractivity contribution is 5.95. The van der Waals surface area contributed by atoms with Crippen LogP contribution in [-0.4, -0.2) is 46.5 Å². The summed E-state index contributed by atoms with van der Waals surface area (Å²) in [6.45, 7) is 0.759. The monoisotopic (exact) mass is 436 g/mol. The van der Waals surface area contributed by atoms with Crippen LogP contribution >= 0.6 is 0 Å². The van der Waals surface area contributed by atoms with Gasteiger partial charge >= 0.3 is 0 Å². The third kappa shape index (κ3) is 3.35. The smallest absolute Gasteiger partial charge is 0.257 e. The number of rotatable bonds is 2. The second-order valence-electron chi connectivity index (χ2n) is 8.59. The van der Waals surface area contributed by atoms with Crippen LogP contribution in [0.3, 0.4) is 0 Å². The van der Waals surface area contributed by atoms with Crippen LogP contribution in [0.25, 0.3) is 0 Å². The van der Waals surface area contributed by atoms with Crippen molar-refractivity contribution < 1.29 is 23.1 Å². The van der Waals surface area contributed by atoms with E-state index < -0.39 is 29.5 Å². The third-order valence-electron chi connectivity index (χ3n) is 6.72. The van der Waals surface area contributed by atoms with E-state index in [0.29, 0.717) is 55.5 Å². The van der Waals surface area contributed by atoms with Crippen molar-refractivity contribution in [3.63, 3.8) is 0 Å². The van der Waals surface area contributed by atoms with E-state index >= 15 is 0 Å². The highest BCUT2D eigenvalue weighted by Crippen LogP contribution is 2.47. The lowest BCUT2D eigenvalue weighted by molar-refractivity contribution is -0.142. The first-order valence-electron chi connectivity index (χ1n) is 10.7. The number of amides is 2. The molecule has 2 aromatic rings. The summed E-state index contributed by atoms with van der Waals surface area (Å²) < 4.78 is 33.7. The summed E-state index contributed by atoms with van der Waals surface area (Å²) in [4.78, 5) is 29.7. The highest BCUT2D eigenvalue weighted by atomic mass is 19.1. The first-order valence-corrected chi connectivity index (χ1v) is 10.7. The number of terminal acetylenes is 1. The van der Waals surface area contributed by atoms with Crippen molar-refractivity contribution >= 4 is 11.8 Å². The molecule has 3 saturated heterocycles. The number of hydrogen-bond acceptors (Lipinski definition) is 3. The number of piperidine rings is 1. The summed E-state index contributed by atoms with van der Waals surface area (Å²) in [7, 11) is 0. The van der Waals surface area contributed by atoms with E-state index in [0.717, 1.165) is 6.07 Å². The average Bonchev–Trinajstić information content (AvgIpc) is 3.31. The fourth-order valence-corrected chi connectivity index (χ4v) is 5.14. The molecule has 0 N–H and O–H groups in total. The molecule has 3 aliphatic rings. The van der Waals surface area contributed by atoms with Crippen LogP contribution < -0.4 is 0 Å². The minimum absolute atomic E-state index is 0.129. The second kappa shape index (κ2) is 7.72. The lowest BCUT2D eigenvalue weighted by Gasteiger charge is -2.37. The van der Waals surface area contributed by atoms with E-state index in [1.165, 1.54) is 12.1 Å². The van der Waals surface area contributed by atoms with Crippen molar-refractivity contribution in [2.24, 2.45) is 0 Å². The molecule has 0 aliphatic carbocycles. The van der Waals surface area contributed by atoms with Crippen LogP contribution in [0.1, 0.15) is 53.2 Å². The van der Waals surface area contributed by atoms with Crippen molar-refractivity contribution in [2.45, 2.75) is 43.6 Å². The summed E-state index contributed by atoms with van der Waals surface area (Å²) in [5, 5.41) is 0. The standard InChI is InChI=1S/C25H22F2N2O3/c1-2-16-4-3-5-17(12-16)23(30)28-10-8-25(9-11-28)24(31)29-21(6-7-22(29)32-25)18-13-19(26)15-20(27)14-18/h1,3-5,12-15,21-22H,6-11H2/t21-,22+/m0/s1. The molecule has 0 radical (unpaired) electrons. The van der Waals surface area contributed by atoms with Crippen LogP contribution in [-0.2, 0) is 9.53 Å². The van der Waals surface area contributed by atoms with Gasteiger partial charge in [0, 0.05) is 43.1 Å². The quantitative estimate of drug-likeness (QED) is 0.676. The fourth-order valence-electron chi connectivity index (χ4n) is 5.14. The van der Waals surface area contributed by atoms with E-state index in [-0.39, 0.29) is 11.8 Å². The molecule has 3 fully saturated rings. The van der Waals surface area contributed by atoms with Crippen LogP contribution in [0.15, 0.2) is 42.5 Å². The Morgan fingerprint density at radius 1 is 1.09 bits per heavy atom. The van der Waals surface area contributed by atoms with Crippen molar-refractivity contribution in [2.75, 3.05) is 13.1 Å². The molecule has 5 nitrogen and oxygen atoms in total. The molecule has 5 rings (SSSR count). The van der Waals surface area contributed by atoms with Crippen LogP contribution in [0.4, 0.5) is 8.78 Å². The van der Waals surface area contributed by atoms with Crippen molar-refractivity contribution in [1.29, 1.82) is 0 Å². The number of carbonyl (C=O) groups excluding carboxylic acids is 2. The molecule has 3 heterocycles. The molecule has 1 spiro atoms. The molecule has 7 heteroatoms. The van der Waals surface area contributed by atoms with E-state index in [1.54, 1.807) is 34.1 Å². The van der Waals surface area contributed by atoms with Crippen LogP contribution in [0.5, 0.6) is 0 Å². The fraction of sp³-hybridized carbons (Fsp3) is 0.360. The lowest BCUT2D eigenvalue weighted by atomic mass is 9.89. The zero-order valence-corrected chi connectivity index (χ0v) is 17.4. The molecule has 164 valence electrons. The summed E-state index contributed by atoms with van der Waals surface area (Å²) >= 11 is 0. The number of fused-ring (bicyclic) bond motifs is 1. The van der Waals surface area contributed by atoms with Gasteiger partial charge in [0.25, 0.3) is 11.8 Å². The van der Waals surface area contributed by atoms with E-state index in [4.69, 9.17) is 11.2 Å². The molecule has 0 bridgehead atoms. The lowest BCUT2D eigenvalue weighted by Crippen LogP contribution is -2.51. The molecule has 0 saturated carbocycles. The van der Waals surface area contributed by atoms with E-state index in [2.05, 4.69) is 5.92 Å². The average molecular weight is 436 g/mol. The minimum Gasteiger partial charge on any atom is -0.342 e. The molecular weight excluding hydrogens is 414 g/mol. The van der Waals surface area contributed by atoms with Crippen molar-refractivity contribution in [3.05, 3.63) is 70.8 Å². The Balaban J connectivity index is 1.31. The first-order chi connectivity index (χ1) is 15.4. The number of nitrogens with zero attached hydrogens (tertiary/aromatic N) is 2. The summed E-state index contributed by atoms with van der Waals surface area (Å²) in [5.74, 6) is 0.923. The van der Waals surface area contributed by atoms with Gasteiger partial charge in [0.2, 0.25) is 0 Å². The number of benzene rings is 2. The molecule has 0 aromatic heterocycles. The number of hydrogen-bond donors (Lipinski definition) is 0. The first kappa shape index (κ1) is 20.7. The maximum atomic E-state index is 13.8. The SMILES string of the molecule is C#Cc1cccc(C(=O)N2CCC3(CC2)O[C@@H]2CC[C@@H](c4cc(F)cc(F)c4)N2C3=O)c1.